The second-order valence-corrected chi connectivity index (χ2v) is 3.18. The molecule has 0 atom stereocenters. The summed E-state index contributed by atoms with van der Waals surface area (Å²) >= 11 is 0. The van der Waals surface area contributed by atoms with E-state index in [1.54, 1.807) is 12.1 Å². The lowest BCUT2D eigenvalue weighted by Crippen LogP contribution is -2.16. The molecule has 1 radical (unpaired) electrons. The van der Waals surface area contributed by atoms with Crippen molar-refractivity contribution >= 4 is 0 Å². The van der Waals surface area contributed by atoms with Gasteiger partial charge >= 0.3 is 6.36 Å². The highest BCUT2D eigenvalue weighted by Gasteiger charge is 2.31. The molecule has 0 spiro atoms. The molecule has 1 fully saturated rings. The van der Waals surface area contributed by atoms with Crippen molar-refractivity contribution in [1.82, 2.24) is 0 Å². The van der Waals surface area contributed by atoms with Crippen LogP contribution < -0.4 is 4.74 Å². The Bertz CT molecular complexity index is 311. The van der Waals surface area contributed by atoms with E-state index in [0.717, 1.165) is 18.4 Å². The van der Waals surface area contributed by atoms with Gasteiger partial charge in [0.1, 0.15) is 5.75 Å². The van der Waals surface area contributed by atoms with Crippen LogP contribution in [0.3, 0.4) is 0 Å². The molecule has 1 aromatic rings. The third kappa shape index (κ3) is 2.40. The molecule has 1 aliphatic rings. The maximum atomic E-state index is 11.8. The van der Waals surface area contributed by atoms with E-state index in [-0.39, 0.29) is 5.75 Å². The van der Waals surface area contributed by atoms with Gasteiger partial charge in [-0.3, -0.25) is 0 Å². The summed E-state index contributed by atoms with van der Waals surface area (Å²) in [6.07, 6.45) is -2.49. The van der Waals surface area contributed by atoms with Gasteiger partial charge in [-0.1, -0.05) is 12.1 Å². The summed E-state index contributed by atoms with van der Waals surface area (Å²) in [6, 6.07) is 6.00. The molecule has 14 heavy (non-hydrogen) atoms. The molecule has 0 unspecified atom stereocenters. The first-order valence-electron chi connectivity index (χ1n) is 4.25. The molecular weight excluding hydrogens is 193 g/mol. The maximum Gasteiger partial charge on any atom is 0.573 e. The molecule has 4 heteroatoms. The molecular formula is C10H8F3O. The fraction of sp³-hybridized carbons (Fsp3) is 0.300. The largest absolute Gasteiger partial charge is 0.573 e. The molecule has 0 heterocycles. The van der Waals surface area contributed by atoms with Gasteiger partial charge in [-0.25, -0.2) is 0 Å². The van der Waals surface area contributed by atoms with Crippen molar-refractivity contribution in [1.29, 1.82) is 0 Å². The van der Waals surface area contributed by atoms with Crippen molar-refractivity contribution in [3.8, 4) is 5.75 Å². The van der Waals surface area contributed by atoms with E-state index in [2.05, 4.69) is 4.74 Å². The fourth-order valence-corrected chi connectivity index (χ4v) is 1.24. The number of benzene rings is 1. The van der Waals surface area contributed by atoms with Crippen molar-refractivity contribution in [3.05, 3.63) is 35.7 Å². The first-order chi connectivity index (χ1) is 6.54. The van der Waals surface area contributed by atoms with Crippen LogP contribution in [-0.4, -0.2) is 6.36 Å². The summed E-state index contributed by atoms with van der Waals surface area (Å²) in [5.74, 6) is 1.13. The van der Waals surface area contributed by atoms with E-state index < -0.39 is 6.36 Å². The Morgan fingerprint density at radius 3 is 2.00 bits per heavy atom. The first-order valence-corrected chi connectivity index (χ1v) is 4.25. The van der Waals surface area contributed by atoms with Crippen LogP contribution in [-0.2, 0) is 0 Å². The SMILES string of the molecule is FC(F)(F)Oc1ccc([C]2CC2)cc1. The predicted octanol–water partition coefficient (Wildman–Crippen LogP) is 3.30. The van der Waals surface area contributed by atoms with Crippen LogP contribution in [0.15, 0.2) is 24.3 Å². The Kier molecular flexibility index (Phi) is 2.13. The second-order valence-electron chi connectivity index (χ2n) is 3.18. The lowest BCUT2D eigenvalue weighted by atomic mass is 10.1. The van der Waals surface area contributed by atoms with Crippen LogP contribution in [0.25, 0.3) is 0 Å². The smallest absolute Gasteiger partial charge is 0.406 e. The molecule has 2 rings (SSSR count). The van der Waals surface area contributed by atoms with E-state index in [4.69, 9.17) is 0 Å². The predicted molar refractivity (Wildman–Crippen MR) is 44.7 cm³/mol. The molecule has 1 saturated carbocycles. The molecule has 0 aliphatic heterocycles. The van der Waals surface area contributed by atoms with Gasteiger partial charge in [0.2, 0.25) is 0 Å². The van der Waals surface area contributed by atoms with Crippen LogP contribution in [0.1, 0.15) is 18.4 Å². The zero-order valence-electron chi connectivity index (χ0n) is 7.27. The van der Waals surface area contributed by atoms with Crippen molar-refractivity contribution < 1.29 is 17.9 Å². The molecule has 1 nitrogen and oxygen atoms in total. The average molecular weight is 201 g/mol. The van der Waals surface area contributed by atoms with E-state index in [1.165, 1.54) is 18.1 Å². The van der Waals surface area contributed by atoms with E-state index in [0.29, 0.717) is 0 Å². The zero-order chi connectivity index (χ0) is 10.2. The Morgan fingerprint density at radius 1 is 1.00 bits per heavy atom. The fourth-order valence-electron chi connectivity index (χ4n) is 1.24. The summed E-state index contributed by atoms with van der Waals surface area (Å²) < 4.78 is 39.1. The number of hydrogen-bond acceptors (Lipinski definition) is 1. The molecule has 1 aromatic carbocycles. The van der Waals surface area contributed by atoms with Gasteiger partial charge in [-0.2, -0.15) is 0 Å². The van der Waals surface area contributed by atoms with Gasteiger partial charge in [0.05, 0.1) is 0 Å². The second kappa shape index (κ2) is 3.19. The summed E-state index contributed by atoms with van der Waals surface area (Å²) in [5, 5.41) is 0. The number of ether oxygens (including phenoxy) is 1. The minimum absolute atomic E-state index is 0.164. The quantitative estimate of drug-likeness (QED) is 0.713. The van der Waals surface area contributed by atoms with Gasteiger partial charge in [0, 0.05) is 5.92 Å². The van der Waals surface area contributed by atoms with Crippen LogP contribution >= 0.6 is 0 Å². The zero-order valence-corrected chi connectivity index (χ0v) is 7.27. The lowest BCUT2D eigenvalue weighted by molar-refractivity contribution is -0.274. The number of rotatable bonds is 2. The third-order valence-electron chi connectivity index (χ3n) is 2.00. The monoisotopic (exact) mass is 201 g/mol. The Morgan fingerprint density at radius 2 is 1.57 bits per heavy atom. The molecule has 0 saturated heterocycles. The minimum atomic E-state index is -4.60. The normalized spacial score (nSPS) is 16.8. The summed E-state index contributed by atoms with van der Waals surface area (Å²) in [4.78, 5) is 0. The van der Waals surface area contributed by atoms with Crippen LogP contribution in [0.4, 0.5) is 13.2 Å². The highest BCUT2D eigenvalue weighted by Crippen LogP contribution is 2.39. The minimum Gasteiger partial charge on any atom is -0.406 e. The Balaban J connectivity index is 2.06. The van der Waals surface area contributed by atoms with E-state index in [1.807, 2.05) is 0 Å². The van der Waals surface area contributed by atoms with Crippen molar-refractivity contribution in [3.63, 3.8) is 0 Å². The van der Waals surface area contributed by atoms with Crippen molar-refractivity contribution in [2.75, 3.05) is 0 Å². The van der Waals surface area contributed by atoms with E-state index >= 15 is 0 Å². The number of alkyl halides is 3. The van der Waals surface area contributed by atoms with E-state index in [9.17, 15) is 13.2 Å². The summed E-state index contributed by atoms with van der Waals surface area (Å²) in [6.45, 7) is 0. The Hall–Kier alpha value is -1.19. The van der Waals surface area contributed by atoms with Gasteiger partial charge in [0.25, 0.3) is 0 Å². The topological polar surface area (TPSA) is 9.23 Å². The van der Waals surface area contributed by atoms with Crippen molar-refractivity contribution in [2.24, 2.45) is 0 Å². The van der Waals surface area contributed by atoms with Crippen LogP contribution in [0.5, 0.6) is 5.75 Å². The van der Waals surface area contributed by atoms with Gasteiger partial charge < -0.3 is 4.74 Å². The third-order valence-corrected chi connectivity index (χ3v) is 2.00. The highest BCUT2D eigenvalue weighted by molar-refractivity contribution is 5.40. The molecule has 1 aliphatic carbocycles. The molecule has 0 N–H and O–H groups in total. The molecule has 0 aromatic heterocycles. The van der Waals surface area contributed by atoms with Crippen LogP contribution in [0.2, 0.25) is 0 Å². The molecule has 75 valence electrons. The summed E-state index contributed by atoms with van der Waals surface area (Å²) in [5.41, 5.74) is 1.01. The summed E-state index contributed by atoms with van der Waals surface area (Å²) in [7, 11) is 0. The molecule has 0 bridgehead atoms. The molecule has 0 amide bonds. The number of halogens is 3. The average Bonchev–Trinajstić information content (AvgIpc) is 2.85. The van der Waals surface area contributed by atoms with Gasteiger partial charge in [-0.05, 0) is 30.5 Å². The van der Waals surface area contributed by atoms with Crippen LogP contribution in [0, 0.1) is 5.92 Å². The maximum absolute atomic E-state index is 11.8. The van der Waals surface area contributed by atoms with Gasteiger partial charge in [0.15, 0.2) is 0 Å². The van der Waals surface area contributed by atoms with Crippen molar-refractivity contribution in [2.45, 2.75) is 19.2 Å². The first kappa shape index (κ1) is 9.37. The highest BCUT2D eigenvalue weighted by atomic mass is 19.4. The Labute approximate surface area is 79.5 Å². The van der Waals surface area contributed by atoms with Gasteiger partial charge in [-0.15, -0.1) is 13.2 Å². The lowest BCUT2D eigenvalue weighted by Gasteiger charge is -2.08. The number of hydrogen-bond donors (Lipinski definition) is 0. The standard InChI is InChI=1S/C10H8F3O/c11-10(12,13)14-9-5-3-8(4-6-9)7-1-2-7/h3-6H,1-2H2.